The van der Waals surface area contributed by atoms with Gasteiger partial charge in [0.15, 0.2) is 0 Å². The molecule has 1 N–H and O–H groups in total. The van der Waals surface area contributed by atoms with Crippen LogP contribution < -0.4 is 5.32 Å². The maximum absolute atomic E-state index is 12.2. The zero-order valence-corrected chi connectivity index (χ0v) is 14.5. The average Bonchev–Trinajstić information content (AvgIpc) is 2.42. The normalized spacial score (nSPS) is 12.0. The van der Waals surface area contributed by atoms with Crippen LogP contribution in [0.4, 0.5) is 0 Å². The van der Waals surface area contributed by atoms with E-state index in [1.54, 1.807) is 0 Å². The van der Waals surface area contributed by atoms with Crippen LogP contribution in [-0.4, -0.2) is 5.91 Å². The molecule has 2 rings (SSSR count). The van der Waals surface area contributed by atoms with Gasteiger partial charge in [0.1, 0.15) is 0 Å². The van der Waals surface area contributed by atoms with Gasteiger partial charge in [-0.25, -0.2) is 0 Å². The monoisotopic (exact) mass is 395 g/mol. The van der Waals surface area contributed by atoms with E-state index in [9.17, 15) is 4.79 Å². The molecule has 0 heterocycles. The minimum absolute atomic E-state index is 0.0318. The first-order valence-corrected chi connectivity index (χ1v) is 7.88. The maximum atomic E-state index is 12.2. The second-order valence-corrected chi connectivity index (χ2v) is 6.48. The van der Waals surface area contributed by atoms with Gasteiger partial charge in [0.05, 0.1) is 6.04 Å². The second kappa shape index (κ2) is 6.55. The number of rotatable bonds is 3. The van der Waals surface area contributed by atoms with E-state index >= 15 is 0 Å². The van der Waals surface area contributed by atoms with Crippen LogP contribution in [0.15, 0.2) is 51.4 Å². The Balaban J connectivity index is 2.10. The highest BCUT2D eigenvalue weighted by atomic mass is 79.9. The molecule has 0 aliphatic rings. The number of hydrogen-bond acceptors (Lipinski definition) is 1. The molecule has 0 aliphatic heterocycles. The number of carbonyl (C=O) groups is 1. The fourth-order valence-electron chi connectivity index (χ4n) is 1.85. The van der Waals surface area contributed by atoms with Gasteiger partial charge in [-0.2, -0.15) is 0 Å². The summed E-state index contributed by atoms with van der Waals surface area (Å²) < 4.78 is 1.98. The lowest BCUT2D eigenvalue weighted by Crippen LogP contribution is -2.26. The molecule has 0 radical (unpaired) electrons. The topological polar surface area (TPSA) is 29.1 Å². The lowest BCUT2D eigenvalue weighted by Gasteiger charge is -2.15. The third kappa shape index (κ3) is 3.70. The number of aryl methyl sites for hydroxylation is 1. The number of nitrogens with one attached hydrogen (secondary N) is 1. The van der Waals surface area contributed by atoms with Gasteiger partial charge in [0.2, 0.25) is 0 Å². The molecular weight excluding hydrogens is 382 g/mol. The quantitative estimate of drug-likeness (QED) is 0.775. The lowest BCUT2D eigenvalue weighted by molar-refractivity contribution is 0.0940. The van der Waals surface area contributed by atoms with Crippen molar-refractivity contribution in [1.82, 2.24) is 5.32 Å². The average molecular weight is 397 g/mol. The summed E-state index contributed by atoms with van der Waals surface area (Å²) in [7, 11) is 0. The predicted molar refractivity (Wildman–Crippen MR) is 88.9 cm³/mol. The van der Waals surface area contributed by atoms with Crippen LogP contribution in [0.1, 0.15) is 34.5 Å². The molecule has 4 heteroatoms. The molecule has 0 saturated heterocycles. The van der Waals surface area contributed by atoms with Crippen molar-refractivity contribution in [3.05, 3.63) is 68.1 Å². The first-order valence-electron chi connectivity index (χ1n) is 6.30. The Labute approximate surface area is 135 Å². The fourth-order valence-corrected chi connectivity index (χ4v) is 2.49. The minimum atomic E-state index is -0.0684. The number of benzene rings is 2. The molecule has 0 spiro atoms. The van der Waals surface area contributed by atoms with Crippen molar-refractivity contribution in [3.63, 3.8) is 0 Å². The molecule has 104 valence electrons. The van der Waals surface area contributed by atoms with Gasteiger partial charge in [0, 0.05) is 14.5 Å². The Hall–Kier alpha value is -1.13. The summed E-state index contributed by atoms with van der Waals surface area (Å²) in [6, 6.07) is 13.5. The molecule has 0 aromatic heterocycles. The van der Waals surface area contributed by atoms with Crippen LogP contribution in [0.2, 0.25) is 0 Å². The van der Waals surface area contributed by atoms with Crippen molar-refractivity contribution < 1.29 is 4.79 Å². The van der Waals surface area contributed by atoms with Crippen molar-refractivity contribution in [1.29, 1.82) is 0 Å². The zero-order chi connectivity index (χ0) is 14.7. The number of carbonyl (C=O) groups excluding carboxylic acids is 1. The molecule has 2 aromatic carbocycles. The predicted octanol–water partition coefficient (Wildman–Crippen LogP) is 5.01. The number of amides is 1. The van der Waals surface area contributed by atoms with Gasteiger partial charge < -0.3 is 5.32 Å². The zero-order valence-electron chi connectivity index (χ0n) is 11.3. The van der Waals surface area contributed by atoms with E-state index in [2.05, 4.69) is 37.2 Å². The van der Waals surface area contributed by atoms with E-state index in [1.807, 2.05) is 56.3 Å². The fraction of sp³-hybridized carbons (Fsp3) is 0.188. The summed E-state index contributed by atoms with van der Waals surface area (Å²) in [5.74, 6) is -0.0684. The Kier molecular flexibility index (Phi) is 5.00. The van der Waals surface area contributed by atoms with Gasteiger partial charge in [-0.1, -0.05) is 50.1 Å². The first kappa shape index (κ1) is 15.3. The molecule has 0 saturated carbocycles. The van der Waals surface area contributed by atoms with Crippen molar-refractivity contribution in [2.24, 2.45) is 0 Å². The van der Waals surface area contributed by atoms with Gasteiger partial charge >= 0.3 is 0 Å². The minimum Gasteiger partial charge on any atom is -0.346 e. The molecule has 0 aliphatic carbocycles. The van der Waals surface area contributed by atoms with Crippen molar-refractivity contribution in [3.8, 4) is 0 Å². The van der Waals surface area contributed by atoms with E-state index in [0.717, 1.165) is 20.1 Å². The van der Waals surface area contributed by atoms with Crippen molar-refractivity contribution >= 4 is 37.8 Å². The summed E-state index contributed by atoms with van der Waals surface area (Å²) in [4.78, 5) is 12.2. The Bertz CT molecular complexity index is 623. The molecule has 0 bridgehead atoms. The highest BCUT2D eigenvalue weighted by molar-refractivity contribution is 9.10. The van der Waals surface area contributed by atoms with Crippen LogP contribution in [0.3, 0.4) is 0 Å². The standard InChI is InChI=1S/C16H15Br2NO/c1-10-3-4-13(9-15(10)18)16(20)19-11(2)12-5-7-14(17)8-6-12/h3-9,11H,1-2H3,(H,19,20)/t11-/m1/s1. The summed E-state index contributed by atoms with van der Waals surface area (Å²) in [5.41, 5.74) is 2.85. The van der Waals surface area contributed by atoms with Crippen LogP contribution in [-0.2, 0) is 0 Å². The van der Waals surface area contributed by atoms with Gasteiger partial charge in [-0.05, 0) is 49.2 Å². The van der Waals surface area contributed by atoms with Crippen molar-refractivity contribution in [2.45, 2.75) is 19.9 Å². The van der Waals surface area contributed by atoms with Crippen molar-refractivity contribution in [2.75, 3.05) is 0 Å². The van der Waals surface area contributed by atoms with Gasteiger partial charge in [-0.15, -0.1) is 0 Å². The lowest BCUT2D eigenvalue weighted by atomic mass is 10.1. The molecule has 2 aromatic rings. The van der Waals surface area contributed by atoms with Crippen LogP contribution in [0, 0.1) is 6.92 Å². The Morgan fingerprint density at radius 2 is 1.75 bits per heavy atom. The molecule has 1 atom stereocenters. The van der Waals surface area contributed by atoms with E-state index < -0.39 is 0 Å². The van der Waals surface area contributed by atoms with E-state index in [-0.39, 0.29) is 11.9 Å². The molecule has 1 amide bonds. The smallest absolute Gasteiger partial charge is 0.251 e. The number of hydrogen-bond donors (Lipinski definition) is 1. The SMILES string of the molecule is Cc1ccc(C(=O)N[C@H](C)c2ccc(Br)cc2)cc1Br. The Morgan fingerprint density at radius 3 is 2.35 bits per heavy atom. The van der Waals surface area contributed by atoms with Crippen LogP contribution in [0.25, 0.3) is 0 Å². The molecule has 0 fully saturated rings. The van der Waals surface area contributed by atoms with Gasteiger partial charge in [-0.3, -0.25) is 4.79 Å². The third-order valence-corrected chi connectivity index (χ3v) is 4.53. The maximum Gasteiger partial charge on any atom is 0.251 e. The van der Waals surface area contributed by atoms with Crippen LogP contribution in [0.5, 0.6) is 0 Å². The summed E-state index contributed by atoms with van der Waals surface area (Å²) in [6.45, 7) is 3.97. The highest BCUT2D eigenvalue weighted by Gasteiger charge is 2.12. The molecule has 2 nitrogen and oxygen atoms in total. The largest absolute Gasteiger partial charge is 0.346 e. The molecular formula is C16H15Br2NO. The number of halogens is 2. The summed E-state index contributed by atoms with van der Waals surface area (Å²) in [6.07, 6.45) is 0. The summed E-state index contributed by atoms with van der Waals surface area (Å²) >= 11 is 6.85. The first-order chi connectivity index (χ1) is 9.47. The van der Waals surface area contributed by atoms with E-state index in [4.69, 9.17) is 0 Å². The van der Waals surface area contributed by atoms with Gasteiger partial charge in [0.25, 0.3) is 5.91 Å². The van der Waals surface area contributed by atoms with E-state index in [1.165, 1.54) is 0 Å². The molecule has 20 heavy (non-hydrogen) atoms. The molecule has 0 unspecified atom stereocenters. The highest BCUT2D eigenvalue weighted by Crippen LogP contribution is 2.19. The van der Waals surface area contributed by atoms with E-state index in [0.29, 0.717) is 5.56 Å². The van der Waals surface area contributed by atoms with Crippen LogP contribution >= 0.6 is 31.9 Å². The summed E-state index contributed by atoms with van der Waals surface area (Å²) in [5, 5.41) is 3.00. The Morgan fingerprint density at radius 1 is 1.10 bits per heavy atom. The third-order valence-electron chi connectivity index (χ3n) is 3.15. The second-order valence-electron chi connectivity index (χ2n) is 4.71.